The number of nitrogens with zero attached hydrogens (tertiary/aromatic N) is 2. The summed E-state index contributed by atoms with van der Waals surface area (Å²) < 4.78 is 65.8. The quantitative estimate of drug-likeness (QED) is 0.692. The van der Waals surface area contributed by atoms with E-state index in [9.17, 15) is 31.2 Å². The van der Waals surface area contributed by atoms with Gasteiger partial charge in [-0.2, -0.15) is 17.5 Å². The van der Waals surface area contributed by atoms with Crippen LogP contribution in [0.25, 0.3) is 0 Å². The van der Waals surface area contributed by atoms with Crippen LogP contribution in [0.15, 0.2) is 29.2 Å². The van der Waals surface area contributed by atoms with E-state index in [-0.39, 0.29) is 42.8 Å². The van der Waals surface area contributed by atoms with Gasteiger partial charge in [-0.1, -0.05) is 6.07 Å². The molecule has 3 aliphatic rings. The topological polar surface area (TPSA) is 86.8 Å². The molecule has 1 aromatic rings. The van der Waals surface area contributed by atoms with Gasteiger partial charge >= 0.3 is 6.18 Å². The second kappa shape index (κ2) is 9.25. The van der Waals surface area contributed by atoms with Crippen molar-refractivity contribution in [2.75, 3.05) is 26.2 Å². The van der Waals surface area contributed by atoms with E-state index in [0.29, 0.717) is 32.0 Å². The maximum absolute atomic E-state index is 13.0. The number of hydrogen-bond donors (Lipinski definition) is 1. The Hall–Kier alpha value is -2.14. The van der Waals surface area contributed by atoms with Crippen molar-refractivity contribution in [3.63, 3.8) is 0 Å². The molecule has 2 aliphatic heterocycles. The average molecular weight is 488 g/mol. The van der Waals surface area contributed by atoms with Gasteiger partial charge in [-0.3, -0.25) is 9.59 Å². The molecule has 2 heterocycles. The zero-order valence-corrected chi connectivity index (χ0v) is 19.0. The van der Waals surface area contributed by atoms with Crippen LogP contribution in [0.1, 0.15) is 44.1 Å². The third kappa shape index (κ3) is 5.51. The molecular formula is C22H28F3N3O4S. The Morgan fingerprint density at radius 1 is 0.970 bits per heavy atom. The number of carbonyl (C=O) groups excluding carboxylic acids is 2. The van der Waals surface area contributed by atoms with Gasteiger partial charge in [-0.05, 0) is 56.7 Å². The van der Waals surface area contributed by atoms with E-state index >= 15 is 0 Å². The monoisotopic (exact) mass is 487 g/mol. The average Bonchev–Trinajstić information content (AvgIpc) is 3.62. The largest absolute Gasteiger partial charge is 0.416 e. The van der Waals surface area contributed by atoms with Crippen molar-refractivity contribution in [3.05, 3.63) is 29.8 Å². The molecule has 2 saturated heterocycles. The highest BCUT2D eigenvalue weighted by atomic mass is 32.2. The van der Waals surface area contributed by atoms with E-state index in [1.54, 1.807) is 4.90 Å². The number of benzene rings is 1. The zero-order valence-electron chi connectivity index (χ0n) is 18.2. The number of rotatable bonds is 5. The molecule has 1 saturated carbocycles. The zero-order chi connectivity index (χ0) is 23.8. The molecule has 1 aliphatic carbocycles. The van der Waals surface area contributed by atoms with Crippen molar-refractivity contribution in [3.8, 4) is 0 Å². The number of sulfonamides is 1. The fourth-order valence-corrected chi connectivity index (χ4v) is 6.04. The molecular weight excluding hydrogens is 459 g/mol. The van der Waals surface area contributed by atoms with Gasteiger partial charge in [0.25, 0.3) is 0 Å². The predicted molar refractivity (Wildman–Crippen MR) is 113 cm³/mol. The first-order valence-corrected chi connectivity index (χ1v) is 12.8. The summed E-state index contributed by atoms with van der Waals surface area (Å²) in [7, 11) is -4.09. The van der Waals surface area contributed by atoms with Crippen LogP contribution in [0.4, 0.5) is 13.2 Å². The lowest BCUT2D eigenvalue weighted by atomic mass is 9.92. The Balaban J connectivity index is 1.35. The summed E-state index contributed by atoms with van der Waals surface area (Å²) in [5, 5.41) is 2.99. The Labute approximate surface area is 191 Å². The van der Waals surface area contributed by atoms with Crippen LogP contribution in [0.2, 0.25) is 0 Å². The molecule has 0 spiro atoms. The number of carbonyl (C=O) groups is 2. The summed E-state index contributed by atoms with van der Waals surface area (Å²) in [6.07, 6.45) is -0.537. The number of alkyl halides is 3. The van der Waals surface area contributed by atoms with Crippen LogP contribution in [0, 0.1) is 11.8 Å². The summed E-state index contributed by atoms with van der Waals surface area (Å²) >= 11 is 0. The molecule has 2 amide bonds. The normalized spacial score (nSPS) is 23.4. The second-order valence-electron chi connectivity index (χ2n) is 9.11. The number of halogens is 3. The minimum atomic E-state index is -4.63. The van der Waals surface area contributed by atoms with Crippen molar-refractivity contribution in [2.45, 2.75) is 55.6 Å². The Kier molecular flexibility index (Phi) is 6.73. The van der Waals surface area contributed by atoms with Crippen LogP contribution in [-0.4, -0.2) is 61.7 Å². The van der Waals surface area contributed by atoms with E-state index in [1.165, 1.54) is 0 Å². The van der Waals surface area contributed by atoms with Crippen molar-refractivity contribution >= 4 is 21.8 Å². The number of nitrogens with one attached hydrogen (secondary N) is 1. The second-order valence-corrected chi connectivity index (χ2v) is 11.0. The van der Waals surface area contributed by atoms with E-state index < -0.39 is 26.7 Å². The molecule has 0 aromatic heterocycles. The fourth-order valence-electron chi connectivity index (χ4n) is 4.52. The van der Waals surface area contributed by atoms with E-state index in [0.717, 1.165) is 48.2 Å². The number of piperidine rings is 2. The molecule has 3 fully saturated rings. The fraction of sp³-hybridized carbons (Fsp3) is 0.636. The first kappa shape index (κ1) is 24.0. The number of amides is 2. The molecule has 1 atom stereocenters. The maximum Gasteiger partial charge on any atom is 0.416 e. The number of hydrogen-bond acceptors (Lipinski definition) is 4. The van der Waals surface area contributed by atoms with Crippen LogP contribution < -0.4 is 5.32 Å². The van der Waals surface area contributed by atoms with E-state index in [4.69, 9.17) is 0 Å². The summed E-state index contributed by atoms with van der Waals surface area (Å²) in [5.41, 5.74) is -1.01. The van der Waals surface area contributed by atoms with Gasteiger partial charge in [0.05, 0.1) is 16.4 Å². The van der Waals surface area contributed by atoms with Crippen LogP contribution in [-0.2, 0) is 25.8 Å². The van der Waals surface area contributed by atoms with Gasteiger partial charge in [-0.15, -0.1) is 0 Å². The third-order valence-corrected chi connectivity index (χ3v) is 8.52. The minimum Gasteiger partial charge on any atom is -0.353 e. The summed E-state index contributed by atoms with van der Waals surface area (Å²) in [4.78, 5) is 26.7. The van der Waals surface area contributed by atoms with Gasteiger partial charge in [0, 0.05) is 38.1 Å². The van der Waals surface area contributed by atoms with Crippen LogP contribution in [0.5, 0.6) is 0 Å². The van der Waals surface area contributed by atoms with Gasteiger partial charge < -0.3 is 10.2 Å². The summed E-state index contributed by atoms with van der Waals surface area (Å²) in [6.45, 7) is 1.08. The molecule has 7 nitrogen and oxygen atoms in total. The minimum absolute atomic E-state index is 0.00278. The van der Waals surface area contributed by atoms with E-state index in [1.807, 2.05) is 0 Å². The lowest BCUT2D eigenvalue weighted by Gasteiger charge is -2.37. The summed E-state index contributed by atoms with van der Waals surface area (Å²) in [5.74, 6) is -0.653. The van der Waals surface area contributed by atoms with E-state index in [2.05, 4.69) is 5.32 Å². The SMILES string of the molecule is O=C(NC1CC1)C1CCCN(C(=O)C2CCN(S(=O)(=O)c3cccc(C(F)(F)F)c3)CC2)C1. The van der Waals surface area contributed by atoms with Gasteiger partial charge in [0.2, 0.25) is 21.8 Å². The van der Waals surface area contributed by atoms with Crippen molar-refractivity contribution < 1.29 is 31.2 Å². The molecule has 11 heteroatoms. The highest BCUT2D eigenvalue weighted by Gasteiger charge is 2.38. The van der Waals surface area contributed by atoms with Gasteiger partial charge in [0.1, 0.15) is 0 Å². The highest BCUT2D eigenvalue weighted by Crippen LogP contribution is 2.32. The van der Waals surface area contributed by atoms with Gasteiger partial charge in [0.15, 0.2) is 0 Å². The predicted octanol–water partition coefficient (Wildman–Crippen LogP) is 2.62. The van der Waals surface area contributed by atoms with Gasteiger partial charge in [-0.25, -0.2) is 8.42 Å². The summed E-state index contributed by atoms with van der Waals surface area (Å²) in [6, 6.07) is 3.99. The Bertz CT molecular complexity index is 1000. The smallest absolute Gasteiger partial charge is 0.353 e. The lowest BCUT2D eigenvalue weighted by Crippen LogP contribution is -2.49. The molecule has 0 radical (unpaired) electrons. The molecule has 182 valence electrons. The van der Waals surface area contributed by atoms with Crippen molar-refractivity contribution in [2.24, 2.45) is 11.8 Å². The molecule has 1 unspecified atom stereocenters. The first-order valence-electron chi connectivity index (χ1n) is 11.3. The lowest BCUT2D eigenvalue weighted by molar-refractivity contribution is -0.140. The number of likely N-dealkylation sites (tertiary alicyclic amines) is 1. The van der Waals surface area contributed by atoms with Crippen LogP contribution in [0.3, 0.4) is 0 Å². The van der Waals surface area contributed by atoms with Crippen molar-refractivity contribution in [1.82, 2.24) is 14.5 Å². The van der Waals surface area contributed by atoms with Crippen LogP contribution >= 0.6 is 0 Å². The first-order chi connectivity index (χ1) is 15.6. The Morgan fingerprint density at radius 3 is 2.30 bits per heavy atom. The third-order valence-electron chi connectivity index (χ3n) is 6.63. The maximum atomic E-state index is 13.0. The molecule has 33 heavy (non-hydrogen) atoms. The molecule has 4 rings (SSSR count). The molecule has 1 aromatic carbocycles. The van der Waals surface area contributed by atoms with Crippen molar-refractivity contribution in [1.29, 1.82) is 0 Å². The molecule has 1 N–H and O–H groups in total. The highest BCUT2D eigenvalue weighted by molar-refractivity contribution is 7.89. The molecule has 0 bridgehead atoms. The Morgan fingerprint density at radius 2 is 1.67 bits per heavy atom. The standard InChI is InChI=1S/C22H28F3N3O4S/c23-22(24,25)17-4-1-5-19(13-17)33(31,32)28-11-8-15(9-12-28)21(30)27-10-2-3-16(14-27)20(29)26-18-6-7-18/h1,4-5,13,15-16,18H,2-3,6-12,14H2,(H,26,29).